The Morgan fingerprint density at radius 3 is 2.76 bits per heavy atom. The molecule has 1 aliphatic rings. The number of piperidine rings is 1. The van der Waals surface area contributed by atoms with E-state index in [-0.39, 0.29) is 18.0 Å². The van der Waals surface area contributed by atoms with Crippen LogP contribution in [0.4, 0.5) is 5.82 Å². The highest BCUT2D eigenvalue weighted by molar-refractivity contribution is 5.97. The molecule has 2 atom stereocenters. The summed E-state index contributed by atoms with van der Waals surface area (Å²) in [4.78, 5) is 24.4. The average molecular weight is 390 g/mol. The van der Waals surface area contributed by atoms with Gasteiger partial charge in [0.2, 0.25) is 0 Å². The first kappa shape index (κ1) is 19.2. The minimum absolute atomic E-state index is 0.0117. The van der Waals surface area contributed by atoms with E-state index in [1.807, 2.05) is 60.4 Å². The van der Waals surface area contributed by atoms with Crippen LogP contribution in [0.2, 0.25) is 0 Å². The van der Waals surface area contributed by atoms with Crippen molar-refractivity contribution in [2.75, 3.05) is 18.5 Å². The summed E-state index contributed by atoms with van der Waals surface area (Å²) >= 11 is 0. The van der Waals surface area contributed by atoms with Gasteiger partial charge in [-0.3, -0.25) is 9.78 Å². The van der Waals surface area contributed by atoms with Crippen molar-refractivity contribution in [3.63, 3.8) is 0 Å². The van der Waals surface area contributed by atoms with Crippen molar-refractivity contribution in [1.82, 2.24) is 14.9 Å². The van der Waals surface area contributed by atoms with Crippen molar-refractivity contribution >= 4 is 22.8 Å². The number of benzene rings is 2. The monoisotopic (exact) mass is 390 g/mol. The molecular formula is C23H26N4O2. The molecule has 0 saturated carbocycles. The van der Waals surface area contributed by atoms with Gasteiger partial charge in [0.25, 0.3) is 5.91 Å². The van der Waals surface area contributed by atoms with Gasteiger partial charge in [-0.25, -0.2) is 4.98 Å². The molecular weight excluding hydrogens is 364 g/mol. The molecule has 6 heteroatoms. The second-order valence-corrected chi connectivity index (χ2v) is 7.31. The number of ether oxygens (including phenoxy) is 1. The van der Waals surface area contributed by atoms with Crippen molar-refractivity contribution in [3.05, 3.63) is 60.3 Å². The third-order valence-electron chi connectivity index (χ3n) is 5.45. The largest absolute Gasteiger partial charge is 0.493 e. The van der Waals surface area contributed by atoms with Gasteiger partial charge in [0, 0.05) is 18.6 Å². The van der Waals surface area contributed by atoms with Crippen LogP contribution in [0.15, 0.2) is 54.7 Å². The highest BCUT2D eigenvalue weighted by atomic mass is 16.5. The summed E-state index contributed by atoms with van der Waals surface area (Å²) in [6, 6.07) is 15.4. The van der Waals surface area contributed by atoms with E-state index in [4.69, 9.17) is 4.74 Å². The standard InChI is InChI=1S/C23H26N4O2/c1-3-29-21-13-7-4-9-17(21)23(28)27-14-8-12-18(16(27)2)25-22-15-24-19-10-5-6-11-20(19)26-22/h4-7,9-11,13,15-16,18H,3,8,12,14H2,1-2H3,(H,25,26)/t16-,18-/m0/s1. The van der Waals surface area contributed by atoms with Crippen LogP contribution < -0.4 is 10.1 Å². The predicted octanol–water partition coefficient (Wildman–Crippen LogP) is 4.13. The maximum absolute atomic E-state index is 13.3. The second-order valence-electron chi connectivity index (χ2n) is 7.31. The first-order valence-corrected chi connectivity index (χ1v) is 10.2. The Kier molecular flexibility index (Phi) is 5.60. The van der Waals surface area contributed by atoms with Gasteiger partial charge in [-0.05, 0) is 51.0 Å². The third-order valence-corrected chi connectivity index (χ3v) is 5.45. The molecule has 1 saturated heterocycles. The molecule has 2 heterocycles. The number of likely N-dealkylation sites (tertiary alicyclic amines) is 1. The zero-order chi connectivity index (χ0) is 20.2. The molecule has 0 spiro atoms. The number of para-hydroxylation sites is 3. The number of hydrogen-bond acceptors (Lipinski definition) is 5. The van der Waals surface area contributed by atoms with E-state index in [9.17, 15) is 4.79 Å². The first-order valence-electron chi connectivity index (χ1n) is 10.2. The van der Waals surface area contributed by atoms with E-state index in [1.54, 1.807) is 6.20 Å². The zero-order valence-electron chi connectivity index (χ0n) is 16.8. The number of fused-ring (bicyclic) bond motifs is 1. The molecule has 2 aromatic carbocycles. The van der Waals surface area contributed by atoms with Crippen LogP contribution in [0.3, 0.4) is 0 Å². The Balaban J connectivity index is 1.53. The van der Waals surface area contributed by atoms with E-state index in [0.717, 1.165) is 36.2 Å². The Morgan fingerprint density at radius 1 is 1.17 bits per heavy atom. The Hall–Kier alpha value is -3.15. The molecule has 3 aromatic rings. The summed E-state index contributed by atoms with van der Waals surface area (Å²) in [6.45, 7) is 5.29. The summed E-state index contributed by atoms with van der Waals surface area (Å²) in [5, 5.41) is 3.50. The van der Waals surface area contributed by atoms with E-state index in [1.165, 1.54) is 0 Å². The molecule has 1 fully saturated rings. The summed E-state index contributed by atoms with van der Waals surface area (Å²) in [6.07, 6.45) is 3.68. The number of nitrogens with zero attached hydrogens (tertiary/aromatic N) is 3. The molecule has 0 aliphatic carbocycles. The van der Waals surface area contributed by atoms with Gasteiger partial charge < -0.3 is 15.0 Å². The summed E-state index contributed by atoms with van der Waals surface area (Å²) in [5.41, 5.74) is 2.35. The van der Waals surface area contributed by atoms with Gasteiger partial charge in [-0.2, -0.15) is 0 Å². The number of amides is 1. The van der Waals surface area contributed by atoms with Crippen LogP contribution >= 0.6 is 0 Å². The van der Waals surface area contributed by atoms with Crippen LogP contribution in [0.1, 0.15) is 37.0 Å². The molecule has 1 N–H and O–H groups in total. The van der Waals surface area contributed by atoms with Gasteiger partial charge in [0.15, 0.2) is 0 Å². The average Bonchev–Trinajstić information content (AvgIpc) is 2.75. The minimum atomic E-state index is 0.0117. The summed E-state index contributed by atoms with van der Waals surface area (Å²) in [5.74, 6) is 1.39. The first-order chi connectivity index (χ1) is 14.2. The zero-order valence-corrected chi connectivity index (χ0v) is 16.8. The Morgan fingerprint density at radius 2 is 1.93 bits per heavy atom. The van der Waals surface area contributed by atoms with E-state index >= 15 is 0 Å². The maximum Gasteiger partial charge on any atom is 0.257 e. The molecule has 0 bridgehead atoms. The van der Waals surface area contributed by atoms with Crippen molar-refractivity contribution in [1.29, 1.82) is 0 Å². The fraction of sp³-hybridized carbons (Fsp3) is 0.348. The van der Waals surface area contributed by atoms with Gasteiger partial charge in [-0.1, -0.05) is 24.3 Å². The molecule has 1 amide bonds. The van der Waals surface area contributed by atoms with Crippen molar-refractivity contribution in [3.8, 4) is 5.75 Å². The molecule has 0 radical (unpaired) electrons. The molecule has 1 aliphatic heterocycles. The van der Waals surface area contributed by atoms with Crippen LogP contribution in [0, 0.1) is 0 Å². The smallest absolute Gasteiger partial charge is 0.257 e. The molecule has 29 heavy (non-hydrogen) atoms. The summed E-state index contributed by atoms with van der Waals surface area (Å²) in [7, 11) is 0. The fourth-order valence-corrected chi connectivity index (χ4v) is 3.92. The van der Waals surface area contributed by atoms with Crippen molar-refractivity contribution in [2.24, 2.45) is 0 Å². The summed E-state index contributed by atoms with van der Waals surface area (Å²) < 4.78 is 5.67. The van der Waals surface area contributed by atoms with Gasteiger partial charge >= 0.3 is 0 Å². The minimum Gasteiger partial charge on any atom is -0.493 e. The van der Waals surface area contributed by atoms with E-state index in [2.05, 4.69) is 22.2 Å². The van der Waals surface area contributed by atoms with E-state index in [0.29, 0.717) is 17.9 Å². The van der Waals surface area contributed by atoms with Crippen LogP contribution in [0.5, 0.6) is 5.75 Å². The Labute approximate surface area is 170 Å². The third kappa shape index (κ3) is 4.01. The predicted molar refractivity (Wildman–Crippen MR) is 114 cm³/mol. The van der Waals surface area contributed by atoms with Gasteiger partial charge in [0.05, 0.1) is 29.4 Å². The van der Waals surface area contributed by atoms with Crippen LogP contribution in [0.25, 0.3) is 11.0 Å². The molecule has 150 valence electrons. The second kappa shape index (κ2) is 8.47. The number of carbonyl (C=O) groups excluding carboxylic acids is 1. The highest BCUT2D eigenvalue weighted by Gasteiger charge is 2.32. The number of hydrogen-bond donors (Lipinski definition) is 1. The molecule has 4 rings (SSSR count). The number of anilines is 1. The maximum atomic E-state index is 13.3. The number of nitrogens with one attached hydrogen (secondary N) is 1. The SMILES string of the molecule is CCOc1ccccc1C(=O)N1CCC[C@H](Nc2cnc3ccccc3n2)[C@@H]1C. The van der Waals surface area contributed by atoms with E-state index < -0.39 is 0 Å². The lowest BCUT2D eigenvalue weighted by atomic mass is 9.96. The Bertz CT molecular complexity index is 1010. The van der Waals surface area contributed by atoms with Crippen molar-refractivity contribution in [2.45, 2.75) is 38.8 Å². The lowest BCUT2D eigenvalue weighted by Gasteiger charge is -2.40. The number of rotatable bonds is 5. The van der Waals surface area contributed by atoms with Gasteiger partial charge in [0.1, 0.15) is 11.6 Å². The lowest BCUT2D eigenvalue weighted by Crippen LogP contribution is -2.52. The lowest BCUT2D eigenvalue weighted by molar-refractivity contribution is 0.0612. The van der Waals surface area contributed by atoms with Crippen LogP contribution in [-0.4, -0.2) is 46.0 Å². The van der Waals surface area contributed by atoms with Gasteiger partial charge in [-0.15, -0.1) is 0 Å². The molecule has 6 nitrogen and oxygen atoms in total. The quantitative estimate of drug-likeness (QED) is 0.709. The number of aromatic nitrogens is 2. The molecule has 0 unspecified atom stereocenters. The van der Waals surface area contributed by atoms with Crippen LogP contribution in [-0.2, 0) is 0 Å². The normalized spacial score (nSPS) is 19.2. The fourth-order valence-electron chi connectivity index (χ4n) is 3.92. The number of carbonyl (C=O) groups is 1. The topological polar surface area (TPSA) is 67.3 Å². The van der Waals surface area contributed by atoms with Crippen molar-refractivity contribution < 1.29 is 9.53 Å². The highest BCUT2D eigenvalue weighted by Crippen LogP contribution is 2.26. The molecule has 1 aromatic heterocycles.